The molecule has 0 saturated carbocycles. The van der Waals surface area contributed by atoms with Crippen molar-refractivity contribution in [3.63, 3.8) is 0 Å². The van der Waals surface area contributed by atoms with E-state index in [1.54, 1.807) is 19.2 Å². The Kier molecular flexibility index (Phi) is 6.53. The molecule has 0 fully saturated rings. The molecule has 0 amide bonds. The molecule has 0 bridgehead atoms. The topological polar surface area (TPSA) is 49.8 Å². The molecule has 1 atom stereocenters. The molecule has 4 heteroatoms. The quantitative estimate of drug-likeness (QED) is 0.785. The van der Waals surface area contributed by atoms with Gasteiger partial charge >= 0.3 is 5.97 Å². The maximum absolute atomic E-state index is 10.8. The van der Waals surface area contributed by atoms with E-state index in [1.807, 2.05) is 12.1 Å². The second kappa shape index (κ2) is 7.92. The number of benzene rings is 1. The fraction of sp³-hybridized carbons (Fsp3) is 0.533. The van der Waals surface area contributed by atoms with E-state index in [2.05, 4.69) is 18.7 Å². The highest BCUT2D eigenvalue weighted by Crippen LogP contribution is 2.12. The SMILES string of the molecule is CCC(C)N(CCOC)Cc1ccc(C(=O)O)cc1. The van der Waals surface area contributed by atoms with Gasteiger partial charge in [-0.1, -0.05) is 19.1 Å². The van der Waals surface area contributed by atoms with Crippen LogP contribution in [0.3, 0.4) is 0 Å². The first-order valence-electron chi connectivity index (χ1n) is 6.63. The van der Waals surface area contributed by atoms with Crippen molar-refractivity contribution in [2.24, 2.45) is 0 Å². The maximum atomic E-state index is 10.8. The van der Waals surface area contributed by atoms with Crippen molar-refractivity contribution in [1.82, 2.24) is 4.90 Å². The lowest BCUT2D eigenvalue weighted by molar-refractivity contribution is 0.0697. The van der Waals surface area contributed by atoms with Crippen molar-refractivity contribution in [1.29, 1.82) is 0 Å². The zero-order valence-corrected chi connectivity index (χ0v) is 11.9. The Morgan fingerprint density at radius 1 is 1.37 bits per heavy atom. The summed E-state index contributed by atoms with van der Waals surface area (Å²) in [6.07, 6.45) is 1.08. The summed E-state index contributed by atoms with van der Waals surface area (Å²) in [7, 11) is 1.70. The fourth-order valence-electron chi connectivity index (χ4n) is 1.91. The van der Waals surface area contributed by atoms with Crippen molar-refractivity contribution in [3.8, 4) is 0 Å². The van der Waals surface area contributed by atoms with Gasteiger partial charge < -0.3 is 9.84 Å². The minimum Gasteiger partial charge on any atom is -0.478 e. The summed E-state index contributed by atoms with van der Waals surface area (Å²) in [6, 6.07) is 7.55. The summed E-state index contributed by atoms with van der Waals surface area (Å²) in [4.78, 5) is 13.1. The summed E-state index contributed by atoms with van der Waals surface area (Å²) in [6.45, 7) is 6.77. The Bertz CT molecular complexity index is 389. The first-order chi connectivity index (χ1) is 9.08. The minimum absolute atomic E-state index is 0.329. The molecule has 1 rings (SSSR count). The zero-order chi connectivity index (χ0) is 14.3. The number of methoxy groups -OCH3 is 1. The first kappa shape index (κ1) is 15.7. The van der Waals surface area contributed by atoms with Gasteiger partial charge in [0, 0.05) is 26.2 Å². The number of aromatic carboxylic acids is 1. The highest BCUT2D eigenvalue weighted by atomic mass is 16.5. The molecule has 0 aliphatic carbocycles. The van der Waals surface area contributed by atoms with E-state index in [0.717, 1.165) is 25.1 Å². The van der Waals surface area contributed by atoms with Crippen molar-refractivity contribution >= 4 is 5.97 Å². The predicted octanol–water partition coefficient (Wildman–Crippen LogP) is 2.63. The lowest BCUT2D eigenvalue weighted by Gasteiger charge is -2.28. The molecule has 1 N–H and O–H groups in total. The number of carboxylic acid groups (broad SMARTS) is 1. The van der Waals surface area contributed by atoms with E-state index in [-0.39, 0.29) is 0 Å². The monoisotopic (exact) mass is 265 g/mol. The highest BCUT2D eigenvalue weighted by molar-refractivity contribution is 5.87. The summed E-state index contributed by atoms with van der Waals surface area (Å²) in [5.74, 6) is -0.885. The molecule has 0 aromatic heterocycles. The average Bonchev–Trinajstić information content (AvgIpc) is 2.43. The Balaban J connectivity index is 2.69. The molecule has 19 heavy (non-hydrogen) atoms. The number of carbonyl (C=O) groups is 1. The standard InChI is InChI=1S/C15H23NO3/c1-4-12(2)16(9-10-19-3)11-13-5-7-14(8-6-13)15(17)18/h5-8,12H,4,9-11H2,1-3H3,(H,17,18). The Labute approximate surface area is 115 Å². The smallest absolute Gasteiger partial charge is 0.335 e. The van der Waals surface area contributed by atoms with Gasteiger partial charge in [-0.3, -0.25) is 4.90 Å². The largest absolute Gasteiger partial charge is 0.478 e. The van der Waals surface area contributed by atoms with E-state index >= 15 is 0 Å². The molecule has 0 aliphatic rings. The van der Waals surface area contributed by atoms with Crippen LogP contribution in [0, 0.1) is 0 Å². The van der Waals surface area contributed by atoms with Crippen molar-refractivity contribution in [2.75, 3.05) is 20.3 Å². The van der Waals surface area contributed by atoms with Gasteiger partial charge in [-0.15, -0.1) is 0 Å². The zero-order valence-electron chi connectivity index (χ0n) is 11.9. The molecule has 4 nitrogen and oxygen atoms in total. The van der Waals surface area contributed by atoms with Crippen LogP contribution in [0.5, 0.6) is 0 Å². The van der Waals surface area contributed by atoms with Crippen LogP contribution in [0.4, 0.5) is 0 Å². The molecule has 0 saturated heterocycles. The first-order valence-corrected chi connectivity index (χ1v) is 6.63. The van der Waals surface area contributed by atoms with Crippen LogP contribution in [-0.4, -0.2) is 42.3 Å². The van der Waals surface area contributed by atoms with Crippen LogP contribution in [0.25, 0.3) is 0 Å². The predicted molar refractivity (Wildman–Crippen MR) is 75.4 cm³/mol. The van der Waals surface area contributed by atoms with Gasteiger partial charge in [-0.2, -0.15) is 0 Å². The molecule has 0 aliphatic heterocycles. The van der Waals surface area contributed by atoms with Gasteiger partial charge in [0.1, 0.15) is 0 Å². The van der Waals surface area contributed by atoms with E-state index in [0.29, 0.717) is 18.2 Å². The summed E-state index contributed by atoms with van der Waals surface area (Å²) >= 11 is 0. The number of nitrogens with zero attached hydrogens (tertiary/aromatic N) is 1. The highest BCUT2D eigenvalue weighted by Gasteiger charge is 2.12. The Hall–Kier alpha value is -1.39. The van der Waals surface area contributed by atoms with Gasteiger partial charge in [-0.25, -0.2) is 4.79 Å². The third-order valence-corrected chi connectivity index (χ3v) is 3.38. The third kappa shape index (κ3) is 5.01. The fourth-order valence-corrected chi connectivity index (χ4v) is 1.91. The van der Waals surface area contributed by atoms with Crippen LogP contribution in [-0.2, 0) is 11.3 Å². The number of carboxylic acids is 1. The molecule has 0 heterocycles. The van der Waals surface area contributed by atoms with Gasteiger partial charge in [0.25, 0.3) is 0 Å². The number of hydrogen-bond acceptors (Lipinski definition) is 3. The van der Waals surface area contributed by atoms with Crippen molar-refractivity contribution in [3.05, 3.63) is 35.4 Å². The maximum Gasteiger partial charge on any atom is 0.335 e. The van der Waals surface area contributed by atoms with Crippen LogP contribution in [0.2, 0.25) is 0 Å². The molecule has 0 radical (unpaired) electrons. The van der Waals surface area contributed by atoms with E-state index in [4.69, 9.17) is 9.84 Å². The molecule has 0 spiro atoms. The van der Waals surface area contributed by atoms with E-state index in [1.165, 1.54) is 0 Å². The summed E-state index contributed by atoms with van der Waals surface area (Å²) in [5.41, 5.74) is 1.46. The summed E-state index contributed by atoms with van der Waals surface area (Å²) in [5, 5.41) is 8.87. The third-order valence-electron chi connectivity index (χ3n) is 3.38. The van der Waals surface area contributed by atoms with Crippen molar-refractivity contribution < 1.29 is 14.6 Å². The molecule has 1 aromatic rings. The van der Waals surface area contributed by atoms with E-state index < -0.39 is 5.97 Å². The van der Waals surface area contributed by atoms with Crippen LogP contribution in [0.15, 0.2) is 24.3 Å². The van der Waals surface area contributed by atoms with E-state index in [9.17, 15) is 4.79 Å². The molecular formula is C15H23NO3. The van der Waals surface area contributed by atoms with Gasteiger partial charge in [-0.05, 0) is 31.0 Å². The molecule has 1 aromatic carbocycles. The Morgan fingerprint density at radius 2 is 2.00 bits per heavy atom. The van der Waals surface area contributed by atoms with Crippen molar-refractivity contribution in [2.45, 2.75) is 32.9 Å². The number of rotatable bonds is 8. The Morgan fingerprint density at radius 3 is 2.47 bits per heavy atom. The molecule has 106 valence electrons. The van der Waals surface area contributed by atoms with Gasteiger partial charge in [0.15, 0.2) is 0 Å². The van der Waals surface area contributed by atoms with Gasteiger partial charge in [0.05, 0.1) is 12.2 Å². The lowest BCUT2D eigenvalue weighted by Crippen LogP contribution is -2.34. The van der Waals surface area contributed by atoms with Crippen LogP contribution >= 0.6 is 0 Å². The number of ether oxygens (including phenoxy) is 1. The van der Waals surface area contributed by atoms with Crippen LogP contribution in [0.1, 0.15) is 36.2 Å². The van der Waals surface area contributed by atoms with Gasteiger partial charge in [0.2, 0.25) is 0 Å². The average molecular weight is 265 g/mol. The number of hydrogen-bond donors (Lipinski definition) is 1. The molecular weight excluding hydrogens is 242 g/mol. The minimum atomic E-state index is -0.885. The van der Waals surface area contributed by atoms with Crippen LogP contribution < -0.4 is 0 Å². The second-order valence-corrected chi connectivity index (χ2v) is 4.72. The lowest BCUT2D eigenvalue weighted by atomic mass is 10.1. The second-order valence-electron chi connectivity index (χ2n) is 4.72. The normalized spacial score (nSPS) is 12.6. The molecule has 1 unspecified atom stereocenters. The summed E-state index contributed by atoms with van der Waals surface area (Å²) < 4.78 is 5.14.